The molecule has 2 heterocycles. The van der Waals surface area contributed by atoms with E-state index in [1.54, 1.807) is 55.4 Å². The number of hydrogen-bond donors (Lipinski definition) is 24. The number of thiol groups is 2. The summed E-state index contributed by atoms with van der Waals surface area (Å²) in [5.41, 5.74) is 49.2. The molecule has 2 fully saturated rings. The minimum absolute atomic E-state index is 0. The Morgan fingerprint density at radius 2 is 0.576 bits per heavy atom. The summed E-state index contributed by atoms with van der Waals surface area (Å²) in [6.07, 6.45) is 3.57. The molecular formula is C46H98CuN12O24S2. The maximum Gasteiger partial charge on any atom is 2.00 e. The normalized spacial score (nSPS) is 15.6. The van der Waals surface area contributed by atoms with Crippen LogP contribution < -0.4 is 78.2 Å². The minimum Gasteiger partial charge on any atom is -0.548 e. The molecule has 0 saturated carbocycles. The topological polar surface area (TPSA) is 738 Å². The van der Waals surface area contributed by atoms with Gasteiger partial charge in [0, 0.05) is 11.5 Å². The number of nitrogens with one attached hydrogen (secondary N) is 2. The molecule has 2 aliphatic rings. The Morgan fingerprint density at radius 3 is 0.600 bits per heavy atom. The van der Waals surface area contributed by atoms with Crippen LogP contribution in [0.1, 0.15) is 94.9 Å². The second-order valence-electron chi connectivity index (χ2n) is 18.1. The Morgan fingerprint density at radius 1 is 0.412 bits per heavy atom. The van der Waals surface area contributed by atoms with E-state index in [0.717, 1.165) is 38.8 Å². The SMILES string of the molecule is CC(C)[C@H](N)C(=O)O.CC(C)[C@H](N)C(=O)O.CC(C)[C@H](N)C(=O)O.CC(C)[C@H](N)C(=O)O.C[C@H](N)C(=O)O.C[C@H](N)C(=O)O.NCC(=O)O.NCC(=O)O.N[C@@H](CS)C(=O)[O-].N[C@@H](CS)C(=O)[O-].O=C(O)[C@@H]1CCCN1.O=C(O)[C@@H]1CCCN1.[Cu+2]. The number of carbonyl (C=O) groups excluding carboxylic acids is 2. The summed E-state index contributed by atoms with van der Waals surface area (Å²) in [6, 6.07) is -6.71. The van der Waals surface area contributed by atoms with Crippen LogP contribution in [-0.4, -0.2) is 221 Å². The molecule has 0 unspecified atom stereocenters. The second-order valence-corrected chi connectivity index (χ2v) is 18.8. The number of carboxylic acid groups (broad SMARTS) is 12. The minimum atomic E-state index is -1.25. The molecule has 2 aliphatic heterocycles. The molecule has 0 aromatic heterocycles. The Balaban J connectivity index is -0.0000000783. The summed E-state index contributed by atoms with van der Waals surface area (Å²) < 4.78 is 0. The molecule has 0 spiro atoms. The average molecular weight is 1330 g/mol. The van der Waals surface area contributed by atoms with Crippen molar-refractivity contribution < 1.29 is 136 Å². The van der Waals surface area contributed by atoms with Crippen molar-refractivity contribution in [3.8, 4) is 0 Å². The van der Waals surface area contributed by atoms with Gasteiger partial charge < -0.3 is 139 Å². The average Bonchev–Trinajstić information content (AvgIpc) is 4.16. The molecule has 39 heteroatoms. The first-order valence-electron chi connectivity index (χ1n) is 24.8. The molecule has 36 nitrogen and oxygen atoms in total. The fourth-order valence-corrected chi connectivity index (χ4v) is 3.38. The van der Waals surface area contributed by atoms with E-state index in [-0.39, 0.29) is 77.4 Å². The molecule has 10 atom stereocenters. The third kappa shape index (κ3) is 87.3. The molecule has 0 aromatic carbocycles. The quantitative estimate of drug-likeness (QED) is 0.0448. The molecule has 0 bridgehead atoms. The van der Waals surface area contributed by atoms with Gasteiger partial charge in [0.15, 0.2) is 0 Å². The number of carboxylic acids is 12. The van der Waals surface area contributed by atoms with Gasteiger partial charge in [0.2, 0.25) is 0 Å². The molecule has 2 saturated heterocycles. The van der Waals surface area contributed by atoms with E-state index in [4.69, 9.17) is 96.9 Å². The van der Waals surface area contributed by atoms with Gasteiger partial charge in [-0.05, 0) is 76.3 Å². The smallest absolute Gasteiger partial charge is 0.548 e. The first kappa shape index (κ1) is 104. The van der Waals surface area contributed by atoms with E-state index >= 15 is 0 Å². The van der Waals surface area contributed by atoms with Crippen LogP contribution in [-0.2, 0) is 74.6 Å². The van der Waals surface area contributed by atoms with Gasteiger partial charge in [-0.1, -0.05) is 55.4 Å². The van der Waals surface area contributed by atoms with Gasteiger partial charge in [-0.25, -0.2) is 0 Å². The zero-order valence-electron chi connectivity index (χ0n) is 49.3. The second kappa shape index (κ2) is 65.9. The van der Waals surface area contributed by atoms with Crippen molar-refractivity contribution in [2.24, 2.45) is 81.0 Å². The van der Waals surface area contributed by atoms with Crippen molar-refractivity contribution in [2.75, 3.05) is 37.7 Å². The number of carbonyl (C=O) groups is 12. The Hall–Kier alpha value is -5.62. The molecule has 509 valence electrons. The molecule has 85 heavy (non-hydrogen) atoms. The van der Waals surface area contributed by atoms with Crippen LogP contribution in [0.3, 0.4) is 0 Å². The number of aliphatic carboxylic acids is 12. The van der Waals surface area contributed by atoms with Gasteiger partial charge in [0.05, 0.1) is 37.1 Å². The predicted octanol–water partition coefficient (Wildman–Crippen LogP) is -7.26. The zero-order valence-corrected chi connectivity index (χ0v) is 52.0. The summed E-state index contributed by atoms with van der Waals surface area (Å²) in [5, 5.41) is 106. The van der Waals surface area contributed by atoms with E-state index in [1.165, 1.54) is 13.8 Å². The van der Waals surface area contributed by atoms with Crippen LogP contribution in [0.5, 0.6) is 0 Å². The van der Waals surface area contributed by atoms with Gasteiger partial charge >= 0.3 is 76.8 Å². The van der Waals surface area contributed by atoms with Gasteiger partial charge in [-0.2, -0.15) is 25.3 Å². The van der Waals surface area contributed by atoms with Crippen LogP contribution >= 0.6 is 25.3 Å². The van der Waals surface area contributed by atoms with Crippen molar-refractivity contribution in [1.82, 2.24) is 10.6 Å². The zero-order chi connectivity index (χ0) is 69.5. The van der Waals surface area contributed by atoms with Gasteiger partial charge in [-0.15, -0.1) is 0 Å². The van der Waals surface area contributed by atoms with Crippen LogP contribution in [0.25, 0.3) is 0 Å². The van der Waals surface area contributed by atoms with Crippen molar-refractivity contribution in [3.63, 3.8) is 0 Å². The van der Waals surface area contributed by atoms with Crippen molar-refractivity contribution in [1.29, 1.82) is 0 Å². The van der Waals surface area contributed by atoms with Gasteiger partial charge in [0.1, 0.15) is 48.3 Å². The molecule has 0 aromatic rings. The summed E-state index contributed by atoms with van der Waals surface area (Å²) >= 11 is 7.22. The monoisotopic (exact) mass is 1330 g/mol. The number of rotatable bonds is 18. The molecule has 1 radical (unpaired) electrons. The van der Waals surface area contributed by atoms with Gasteiger partial charge in [-0.3, -0.25) is 47.9 Å². The van der Waals surface area contributed by atoms with E-state index in [2.05, 4.69) is 47.4 Å². The first-order valence-corrected chi connectivity index (χ1v) is 26.1. The third-order valence-electron chi connectivity index (χ3n) is 8.86. The van der Waals surface area contributed by atoms with Crippen LogP contribution in [0.4, 0.5) is 0 Å². The Kier molecular flexibility index (Phi) is 80.9. The maximum atomic E-state index is 10.1. The largest absolute Gasteiger partial charge is 2.00 e. The summed E-state index contributed by atoms with van der Waals surface area (Å²) in [4.78, 5) is 117. The molecule has 32 N–H and O–H groups in total. The van der Waals surface area contributed by atoms with E-state index in [9.17, 15) is 67.7 Å². The number of hydrogen-bond acceptors (Lipinski definition) is 28. The Labute approximate surface area is 515 Å². The van der Waals surface area contributed by atoms with E-state index in [0.29, 0.717) is 0 Å². The first-order chi connectivity index (χ1) is 38.0. The fraction of sp³-hybridized carbons (Fsp3) is 0.739. The molecule has 0 aliphatic carbocycles. The van der Waals surface area contributed by atoms with Crippen molar-refractivity contribution in [2.45, 2.75) is 155 Å². The standard InChI is InChI=1S/2C5H9NO2.4C5H11NO2.2C3H7NO2S.2C3H7NO2.2C2H5NO2.Cu/c2*7-5(8)4-2-1-3-6-4;4*1-3(2)4(6)5(7)8;2*4-2(1-7)3(5)6;2*1-2(4)3(5)6;2*3-1-2(4)5;/h2*4,6H,1-3H2,(H,7,8);4*3-4H,6H2,1-2H3,(H,7,8);2*2,7H,1,4H2,(H,5,6);2*2H,4H2,1H3,(H,5,6);2*1,3H2,(H,4,5);/q;;;;;;;;;;;;+2/p-2/t6*4-;4*2-;;;/m0000000000.../s1. The number of nitrogens with two attached hydrogens (primary N) is 10. The molecular weight excluding hydrogens is 1230 g/mol. The summed E-state index contributed by atoms with van der Waals surface area (Å²) in [7, 11) is 0. The maximum absolute atomic E-state index is 10.1. The van der Waals surface area contributed by atoms with Crippen LogP contribution in [0, 0.1) is 23.7 Å². The van der Waals surface area contributed by atoms with Crippen LogP contribution in [0.2, 0.25) is 0 Å². The van der Waals surface area contributed by atoms with E-state index in [1.807, 2.05) is 0 Å². The Bertz CT molecular complexity index is 1610. The molecule has 0 amide bonds. The molecule has 2 rings (SSSR count). The van der Waals surface area contributed by atoms with Crippen LogP contribution in [0.15, 0.2) is 0 Å². The predicted molar refractivity (Wildman–Crippen MR) is 309 cm³/mol. The van der Waals surface area contributed by atoms with Crippen molar-refractivity contribution in [3.05, 3.63) is 0 Å². The fourth-order valence-electron chi connectivity index (χ4n) is 3.08. The summed E-state index contributed by atoms with van der Waals surface area (Å²) in [5.74, 6) is -11.2. The third-order valence-corrected chi connectivity index (χ3v) is 9.64. The van der Waals surface area contributed by atoms with E-state index < -0.39 is 120 Å². The van der Waals surface area contributed by atoms with Crippen molar-refractivity contribution >= 4 is 96.9 Å². The van der Waals surface area contributed by atoms with Gasteiger partial charge in [0.25, 0.3) is 0 Å². The summed E-state index contributed by atoms with van der Waals surface area (Å²) in [6.45, 7) is 18.2.